The molecule has 2 N–H and O–H groups in total. The van der Waals surface area contributed by atoms with Crippen LogP contribution in [0.1, 0.15) is 5.56 Å². The van der Waals surface area contributed by atoms with E-state index in [2.05, 4.69) is 15.9 Å². The third-order valence-corrected chi connectivity index (χ3v) is 5.14. The highest BCUT2D eigenvalue weighted by atomic mass is 79.9. The van der Waals surface area contributed by atoms with Gasteiger partial charge in [0.2, 0.25) is 0 Å². The quantitative estimate of drug-likeness (QED) is 0.830. The van der Waals surface area contributed by atoms with Crippen LogP contribution in [0.25, 0.3) is 0 Å². The van der Waals surface area contributed by atoms with Gasteiger partial charge in [-0.25, -0.2) is 17.2 Å². The summed E-state index contributed by atoms with van der Waals surface area (Å²) >= 11 is 3.11. The number of benzene rings is 2. The monoisotopic (exact) mass is 375 g/mol. The van der Waals surface area contributed by atoms with Gasteiger partial charge in [-0.15, -0.1) is 0 Å². The fourth-order valence-corrected chi connectivity index (χ4v) is 3.91. The topological polar surface area (TPSA) is 60.2 Å². The second kappa shape index (κ2) is 5.73. The Bertz CT molecular complexity index is 749. The summed E-state index contributed by atoms with van der Waals surface area (Å²) in [6.07, 6.45) is 0. The fourth-order valence-electron chi connectivity index (χ4n) is 1.86. The van der Waals surface area contributed by atoms with Crippen molar-refractivity contribution in [2.75, 3.05) is 11.5 Å². The summed E-state index contributed by atoms with van der Waals surface area (Å²) < 4.78 is 53.2. The molecule has 0 aliphatic rings. The molecule has 0 radical (unpaired) electrons. The van der Waals surface area contributed by atoms with Crippen molar-refractivity contribution >= 4 is 31.5 Å². The Hall–Kier alpha value is -1.47. The maximum Gasteiger partial charge on any atom is 0.287 e. The first kappa shape index (κ1) is 15.9. The minimum Gasteiger partial charge on any atom is -0.398 e. The molecule has 3 nitrogen and oxygen atoms in total. The van der Waals surface area contributed by atoms with Crippen LogP contribution >= 0.6 is 15.9 Å². The molecular formula is C14H12BrF2NO2S. The van der Waals surface area contributed by atoms with E-state index in [1.165, 1.54) is 36.4 Å². The van der Waals surface area contributed by atoms with E-state index in [1.54, 1.807) is 12.1 Å². The Morgan fingerprint density at radius 2 is 1.71 bits per heavy atom. The zero-order valence-corrected chi connectivity index (χ0v) is 13.2. The fraction of sp³-hybridized carbons (Fsp3) is 0.143. The summed E-state index contributed by atoms with van der Waals surface area (Å²) in [6, 6.07) is 11.0. The maximum atomic E-state index is 14.1. The number of nitrogen functional groups attached to an aromatic ring is 1. The van der Waals surface area contributed by atoms with Crippen molar-refractivity contribution in [3.63, 3.8) is 0 Å². The lowest BCUT2D eigenvalue weighted by Gasteiger charge is -2.17. The molecule has 0 heterocycles. The van der Waals surface area contributed by atoms with Crippen LogP contribution in [0.3, 0.4) is 0 Å². The Morgan fingerprint density at radius 1 is 1.10 bits per heavy atom. The molecule has 0 unspecified atom stereocenters. The first-order valence-corrected chi connectivity index (χ1v) is 8.38. The zero-order chi connectivity index (χ0) is 15.7. The highest BCUT2D eigenvalue weighted by Gasteiger charge is 2.38. The van der Waals surface area contributed by atoms with Crippen molar-refractivity contribution < 1.29 is 17.2 Å². The Balaban J connectivity index is 2.40. The van der Waals surface area contributed by atoms with Crippen LogP contribution < -0.4 is 5.73 Å². The van der Waals surface area contributed by atoms with Crippen LogP contribution in [0.15, 0.2) is 57.9 Å². The Morgan fingerprint density at radius 3 is 2.33 bits per heavy atom. The number of rotatable bonds is 4. The molecule has 0 aliphatic heterocycles. The van der Waals surface area contributed by atoms with E-state index >= 15 is 0 Å². The maximum absolute atomic E-state index is 14.1. The Labute approximate surface area is 129 Å². The van der Waals surface area contributed by atoms with Crippen molar-refractivity contribution in [1.29, 1.82) is 0 Å². The van der Waals surface area contributed by atoms with Crippen molar-refractivity contribution in [2.45, 2.75) is 10.8 Å². The molecule has 0 spiro atoms. The SMILES string of the molecule is Nc1ccc(Br)cc1S(=O)(=O)CC(F)(F)c1ccccc1. The van der Waals surface area contributed by atoms with E-state index in [4.69, 9.17) is 5.73 Å². The highest BCUT2D eigenvalue weighted by molar-refractivity contribution is 9.10. The minimum atomic E-state index is -4.22. The molecule has 0 aliphatic carbocycles. The summed E-state index contributed by atoms with van der Waals surface area (Å²) in [5.41, 5.74) is 5.19. The summed E-state index contributed by atoms with van der Waals surface area (Å²) in [7, 11) is -4.22. The molecule has 0 saturated carbocycles. The molecule has 21 heavy (non-hydrogen) atoms. The predicted molar refractivity (Wildman–Crippen MR) is 80.9 cm³/mol. The van der Waals surface area contributed by atoms with Crippen LogP contribution in [0, 0.1) is 0 Å². The van der Waals surface area contributed by atoms with Gasteiger partial charge >= 0.3 is 0 Å². The Kier molecular flexibility index (Phi) is 4.34. The predicted octanol–water partition coefficient (Wildman–Crippen LogP) is 3.60. The molecule has 2 rings (SSSR count). The number of hydrogen-bond donors (Lipinski definition) is 1. The molecular weight excluding hydrogens is 364 g/mol. The van der Waals surface area contributed by atoms with Crippen LogP contribution in [-0.2, 0) is 15.8 Å². The van der Waals surface area contributed by atoms with Crippen molar-refractivity contribution in [2.24, 2.45) is 0 Å². The third-order valence-electron chi connectivity index (χ3n) is 2.88. The van der Waals surface area contributed by atoms with E-state index in [-0.39, 0.29) is 16.1 Å². The number of sulfone groups is 1. The van der Waals surface area contributed by atoms with E-state index in [0.717, 1.165) is 0 Å². The minimum absolute atomic E-state index is 0.0536. The zero-order valence-electron chi connectivity index (χ0n) is 10.8. The van der Waals surface area contributed by atoms with Crippen LogP contribution in [0.5, 0.6) is 0 Å². The lowest BCUT2D eigenvalue weighted by Crippen LogP contribution is -2.26. The lowest BCUT2D eigenvalue weighted by atomic mass is 10.1. The molecule has 2 aromatic rings. The molecule has 0 saturated heterocycles. The summed E-state index contributed by atoms with van der Waals surface area (Å²) in [4.78, 5) is -0.299. The van der Waals surface area contributed by atoms with Gasteiger partial charge in [-0.2, -0.15) is 0 Å². The van der Waals surface area contributed by atoms with Gasteiger partial charge in [-0.3, -0.25) is 0 Å². The summed E-state index contributed by atoms with van der Waals surface area (Å²) in [5.74, 6) is -4.82. The van der Waals surface area contributed by atoms with Crippen LogP contribution in [-0.4, -0.2) is 14.2 Å². The third kappa shape index (κ3) is 3.59. The van der Waals surface area contributed by atoms with Gasteiger partial charge < -0.3 is 5.73 Å². The second-order valence-corrected chi connectivity index (χ2v) is 7.39. The molecule has 2 aromatic carbocycles. The second-order valence-electron chi connectivity index (χ2n) is 4.51. The number of nitrogens with two attached hydrogens (primary N) is 1. The van der Waals surface area contributed by atoms with Gasteiger partial charge in [0.25, 0.3) is 5.92 Å². The molecule has 0 amide bonds. The molecule has 7 heteroatoms. The number of hydrogen-bond acceptors (Lipinski definition) is 3. The van der Waals surface area contributed by atoms with E-state index in [9.17, 15) is 17.2 Å². The van der Waals surface area contributed by atoms with Gasteiger partial charge in [-0.05, 0) is 18.2 Å². The van der Waals surface area contributed by atoms with Crippen molar-refractivity contribution in [3.05, 3.63) is 58.6 Å². The van der Waals surface area contributed by atoms with Gasteiger partial charge in [0, 0.05) is 10.0 Å². The van der Waals surface area contributed by atoms with E-state index < -0.39 is 21.5 Å². The van der Waals surface area contributed by atoms with Crippen LogP contribution in [0.2, 0.25) is 0 Å². The van der Waals surface area contributed by atoms with E-state index in [1.807, 2.05) is 0 Å². The number of alkyl halides is 2. The molecule has 0 fully saturated rings. The summed E-state index contributed by atoms with van der Waals surface area (Å²) in [5, 5.41) is 0. The van der Waals surface area contributed by atoms with Crippen molar-refractivity contribution in [1.82, 2.24) is 0 Å². The van der Waals surface area contributed by atoms with E-state index in [0.29, 0.717) is 4.47 Å². The number of halogens is 3. The molecule has 112 valence electrons. The largest absolute Gasteiger partial charge is 0.398 e. The van der Waals surface area contributed by atoms with Crippen LogP contribution in [0.4, 0.5) is 14.5 Å². The van der Waals surface area contributed by atoms with Gasteiger partial charge in [0.05, 0.1) is 10.6 Å². The first-order chi connectivity index (χ1) is 9.72. The number of anilines is 1. The smallest absolute Gasteiger partial charge is 0.287 e. The average molecular weight is 376 g/mol. The molecule has 0 bridgehead atoms. The summed E-state index contributed by atoms with van der Waals surface area (Å²) in [6.45, 7) is 0. The lowest BCUT2D eigenvalue weighted by molar-refractivity contribution is 0.0213. The standard InChI is InChI=1S/C14H12BrF2NO2S/c15-11-6-7-12(18)13(8-11)21(19,20)9-14(16,17)10-4-2-1-3-5-10/h1-8H,9,18H2. The average Bonchev–Trinajstić information content (AvgIpc) is 2.41. The normalized spacial score (nSPS) is 12.3. The van der Waals surface area contributed by atoms with Gasteiger partial charge in [-0.1, -0.05) is 46.3 Å². The molecule has 0 atom stereocenters. The molecule has 0 aromatic heterocycles. The van der Waals surface area contributed by atoms with Crippen molar-refractivity contribution in [3.8, 4) is 0 Å². The highest BCUT2D eigenvalue weighted by Crippen LogP contribution is 2.33. The van der Waals surface area contributed by atoms with Gasteiger partial charge in [0.1, 0.15) is 5.75 Å². The van der Waals surface area contributed by atoms with Gasteiger partial charge in [0.15, 0.2) is 9.84 Å². The first-order valence-electron chi connectivity index (χ1n) is 5.93.